The average Bonchev–Trinajstić information content (AvgIpc) is 2.86. The van der Waals surface area contributed by atoms with E-state index in [0.717, 1.165) is 0 Å². The number of amides is 1. The van der Waals surface area contributed by atoms with Crippen LogP contribution in [0.5, 0.6) is 0 Å². The van der Waals surface area contributed by atoms with E-state index in [2.05, 4.69) is 15.5 Å². The fourth-order valence-electron chi connectivity index (χ4n) is 1.16. The molecule has 7 heteroatoms. The highest BCUT2D eigenvalue weighted by molar-refractivity contribution is 7.14. The summed E-state index contributed by atoms with van der Waals surface area (Å²) in [5.41, 5.74) is 6.37. The van der Waals surface area contributed by atoms with E-state index in [1.54, 1.807) is 6.07 Å². The molecule has 0 spiro atoms. The molecule has 0 unspecified atom stereocenters. The normalized spacial score (nSPS) is 10.3. The minimum absolute atomic E-state index is 0.0162. The lowest BCUT2D eigenvalue weighted by Gasteiger charge is -1.93. The number of hydrogen-bond acceptors (Lipinski definition) is 6. The molecule has 2 aromatic rings. The molecule has 0 radical (unpaired) electrons. The minimum atomic E-state index is -0.355. The summed E-state index contributed by atoms with van der Waals surface area (Å²) in [6.07, 6.45) is 0. The van der Waals surface area contributed by atoms with Crippen LogP contribution in [0.15, 0.2) is 16.0 Å². The first-order chi connectivity index (χ1) is 7.72. The number of nitrogens with zero attached hydrogens (tertiary/aromatic N) is 2. The summed E-state index contributed by atoms with van der Waals surface area (Å²) in [4.78, 5) is 15.4. The Morgan fingerprint density at radius 1 is 1.69 bits per heavy atom. The third-order valence-electron chi connectivity index (χ3n) is 1.89. The lowest BCUT2D eigenvalue weighted by atomic mass is 10.3. The zero-order chi connectivity index (χ0) is 11.5. The monoisotopic (exact) mass is 238 g/mol. The van der Waals surface area contributed by atoms with Gasteiger partial charge in [0, 0.05) is 6.54 Å². The van der Waals surface area contributed by atoms with Crippen LogP contribution in [0, 0.1) is 0 Å². The van der Waals surface area contributed by atoms with E-state index in [4.69, 9.17) is 10.3 Å². The van der Waals surface area contributed by atoms with E-state index in [0.29, 0.717) is 17.1 Å². The van der Waals surface area contributed by atoms with Gasteiger partial charge in [0.25, 0.3) is 17.6 Å². The lowest BCUT2D eigenvalue weighted by Crippen LogP contribution is -2.23. The van der Waals surface area contributed by atoms with Crippen LogP contribution < -0.4 is 11.1 Å². The molecule has 2 heterocycles. The van der Waals surface area contributed by atoms with Crippen LogP contribution in [0.1, 0.15) is 17.5 Å². The Bertz CT molecular complexity index is 505. The predicted molar refractivity (Wildman–Crippen MR) is 60.0 cm³/mol. The van der Waals surface area contributed by atoms with Crippen molar-refractivity contribution >= 4 is 22.2 Å². The molecule has 1 amide bonds. The Morgan fingerprint density at radius 3 is 3.12 bits per heavy atom. The fourth-order valence-corrected chi connectivity index (χ4v) is 1.80. The van der Waals surface area contributed by atoms with Crippen molar-refractivity contribution in [2.75, 3.05) is 12.3 Å². The quantitative estimate of drug-likeness (QED) is 0.835. The van der Waals surface area contributed by atoms with Gasteiger partial charge < -0.3 is 15.6 Å². The number of rotatable bonds is 3. The molecule has 2 rings (SSSR count). The Balaban J connectivity index is 2.26. The molecule has 6 nitrogen and oxygen atoms in total. The number of aromatic nitrogens is 2. The minimum Gasteiger partial charge on any atom is -0.390 e. The van der Waals surface area contributed by atoms with E-state index in [9.17, 15) is 4.79 Å². The second-order valence-corrected chi connectivity index (χ2v) is 3.93. The maximum Gasteiger partial charge on any atom is 0.292 e. The maximum absolute atomic E-state index is 11.4. The zero-order valence-electron chi connectivity index (χ0n) is 8.56. The summed E-state index contributed by atoms with van der Waals surface area (Å²) in [6, 6.07) is 1.77. The molecule has 2 aromatic heterocycles. The first kappa shape index (κ1) is 10.6. The zero-order valence-corrected chi connectivity index (χ0v) is 9.37. The topological polar surface area (TPSA) is 94.0 Å². The van der Waals surface area contributed by atoms with Crippen LogP contribution in [0.3, 0.4) is 0 Å². The summed E-state index contributed by atoms with van der Waals surface area (Å²) in [6.45, 7) is 2.33. The molecular formula is C9H10N4O2S. The molecule has 0 aliphatic heterocycles. The molecule has 0 bridgehead atoms. The number of carbonyl (C=O) groups is 1. The summed E-state index contributed by atoms with van der Waals surface area (Å²) in [5.74, 6) is -0.0752. The van der Waals surface area contributed by atoms with Crippen molar-refractivity contribution in [3.8, 4) is 11.5 Å². The molecular weight excluding hydrogens is 228 g/mol. The fraction of sp³-hybridized carbons (Fsp3) is 0.222. The van der Waals surface area contributed by atoms with Crippen molar-refractivity contribution in [1.82, 2.24) is 15.5 Å². The van der Waals surface area contributed by atoms with Gasteiger partial charge in [-0.25, -0.2) is 0 Å². The number of hydrogen-bond donors (Lipinski definition) is 2. The molecule has 0 fully saturated rings. The van der Waals surface area contributed by atoms with Gasteiger partial charge in [-0.1, -0.05) is 5.16 Å². The van der Waals surface area contributed by atoms with E-state index in [-0.39, 0.29) is 17.6 Å². The molecule has 0 saturated heterocycles. The highest BCUT2D eigenvalue weighted by Crippen LogP contribution is 2.28. The van der Waals surface area contributed by atoms with Crippen molar-refractivity contribution in [3.63, 3.8) is 0 Å². The standard InChI is InChI=1S/C9H10N4O2S/c1-2-11-8(14)7-12-9(15-13-7)5-3-4-16-6(5)10/h3-4H,2,10H2,1H3,(H,11,14). The average molecular weight is 238 g/mol. The van der Waals surface area contributed by atoms with E-state index < -0.39 is 0 Å². The second kappa shape index (κ2) is 4.31. The van der Waals surface area contributed by atoms with Gasteiger partial charge in [0.1, 0.15) is 0 Å². The van der Waals surface area contributed by atoms with Crippen LogP contribution in [-0.4, -0.2) is 22.6 Å². The Labute approximate surface area is 95.5 Å². The highest BCUT2D eigenvalue weighted by Gasteiger charge is 2.16. The van der Waals surface area contributed by atoms with Crippen LogP contribution in [0.2, 0.25) is 0 Å². The number of carbonyl (C=O) groups excluding carboxylic acids is 1. The summed E-state index contributed by atoms with van der Waals surface area (Å²) < 4.78 is 4.96. The predicted octanol–water partition coefficient (Wildman–Crippen LogP) is 1.13. The molecule has 3 N–H and O–H groups in total. The Morgan fingerprint density at radius 2 is 2.50 bits per heavy atom. The molecule has 16 heavy (non-hydrogen) atoms. The molecule has 0 atom stereocenters. The summed E-state index contributed by atoms with van der Waals surface area (Å²) >= 11 is 1.38. The van der Waals surface area contributed by atoms with Crippen LogP contribution in [0.4, 0.5) is 5.00 Å². The van der Waals surface area contributed by atoms with Gasteiger partial charge in [0.05, 0.1) is 10.6 Å². The number of nitrogens with one attached hydrogen (secondary N) is 1. The maximum atomic E-state index is 11.4. The van der Waals surface area contributed by atoms with E-state index in [1.807, 2.05) is 12.3 Å². The summed E-state index contributed by atoms with van der Waals surface area (Å²) in [7, 11) is 0. The number of nitrogens with two attached hydrogens (primary N) is 1. The van der Waals surface area contributed by atoms with Gasteiger partial charge in [-0.15, -0.1) is 11.3 Å². The van der Waals surface area contributed by atoms with E-state index >= 15 is 0 Å². The Kier molecular flexibility index (Phi) is 2.86. The van der Waals surface area contributed by atoms with Crippen molar-refractivity contribution in [2.24, 2.45) is 0 Å². The molecule has 0 saturated carbocycles. The summed E-state index contributed by atoms with van der Waals surface area (Å²) in [5, 5.41) is 8.57. The SMILES string of the molecule is CCNC(=O)c1noc(-c2ccsc2N)n1. The largest absolute Gasteiger partial charge is 0.390 e. The third-order valence-corrected chi connectivity index (χ3v) is 2.64. The number of thiophene rings is 1. The molecule has 84 valence electrons. The van der Waals surface area contributed by atoms with Gasteiger partial charge in [0.15, 0.2) is 0 Å². The van der Waals surface area contributed by atoms with Crippen molar-refractivity contribution in [1.29, 1.82) is 0 Å². The van der Waals surface area contributed by atoms with Crippen molar-refractivity contribution in [2.45, 2.75) is 6.92 Å². The van der Waals surface area contributed by atoms with Gasteiger partial charge in [-0.05, 0) is 18.4 Å². The van der Waals surface area contributed by atoms with Gasteiger partial charge in [-0.3, -0.25) is 4.79 Å². The van der Waals surface area contributed by atoms with Crippen LogP contribution >= 0.6 is 11.3 Å². The molecule has 0 aromatic carbocycles. The number of anilines is 1. The van der Waals surface area contributed by atoms with Crippen LogP contribution in [-0.2, 0) is 0 Å². The lowest BCUT2D eigenvalue weighted by molar-refractivity contribution is 0.0942. The second-order valence-electron chi connectivity index (χ2n) is 2.98. The van der Waals surface area contributed by atoms with Gasteiger partial charge in [0.2, 0.25) is 0 Å². The first-order valence-corrected chi connectivity index (χ1v) is 5.55. The smallest absolute Gasteiger partial charge is 0.292 e. The van der Waals surface area contributed by atoms with Gasteiger partial charge >= 0.3 is 0 Å². The van der Waals surface area contributed by atoms with Crippen molar-refractivity contribution < 1.29 is 9.32 Å². The number of nitrogen functional groups attached to an aromatic ring is 1. The van der Waals surface area contributed by atoms with E-state index in [1.165, 1.54) is 11.3 Å². The van der Waals surface area contributed by atoms with Gasteiger partial charge in [-0.2, -0.15) is 4.98 Å². The Hall–Kier alpha value is -1.89. The highest BCUT2D eigenvalue weighted by atomic mass is 32.1. The van der Waals surface area contributed by atoms with Crippen molar-refractivity contribution in [3.05, 3.63) is 17.3 Å². The first-order valence-electron chi connectivity index (χ1n) is 4.67. The van der Waals surface area contributed by atoms with Crippen LogP contribution in [0.25, 0.3) is 11.5 Å². The third kappa shape index (κ3) is 1.89. The molecule has 0 aliphatic rings. The molecule has 0 aliphatic carbocycles.